The van der Waals surface area contributed by atoms with Gasteiger partial charge in [0.15, 0.2) is 0 Å². The van der Waals surface area contributed by atoms with E-state index in [2.05, 4.69) is 4.98 Å². The minimum Gasteiger partial charge on any atom is -0.455 e. The number of nitro groups is 1. The number of fused-ring (bicyclic) bond motifs is 1. The van der Waals surface area contributed by atoms with Gasteiger partial charge in [0, 0.05) is 34.3 Å². The van der Waals surface area contributed by atoms with Gasteiger partial charge in [-0.25, -0.2) is 4.79 Å². The second-order valence-corrected chi connectivity index (χ2v) is 5.66. The van der Waals surface area contributed by atoms with Crippen LogP contribution in [0.1, 0.15) is 15.9 Å². The highest BCUT2D eigenvalue weighted by Gasteiger charge is 2.23. The first-order valence-electron chi connectivity index (χ1n) is 7.17. The van der Waals surface area contributed by atoms with E-state index >= 15 is 0 Å². The van der Waals surface area contributed by atoms with Crippen molar-refractivity contribution in [2.75, 3.05) is 0 Å². The molecule has 1 aromatic heterocycles. The van der Waals surface area contributed by atoms with Gasteiger partial charge in [-0.1, -0.05) is 23.7 Å². The van der Waals surface area contributed by atoms with Crippen LogP contribution in [0.2, 0.25) is 5.02 Å². The summed E-state index contributed by atoms with van der Waals surface area (Å²) >= 11 is 5.84. The number of hydrogen-bond donors (Lipinski definition) is 1. The number of aromatic amines is 1. The molecule has 0 saturated heterocycles. The average molecular weight is 359 g/mol. The summed E-state index contributed by atoms with van der Waals surface area (Å²) in [5.74, 6) is -1.93. The number of aromatic nitrogens is 1. The minimum absolute atomic E-state index is 0.0230. The predicted molar refractivity (Wildman–Crippen MR) is 90.5 cm³/mol. The molecule has 2 aromatic carbocycles. The standard InChI is InChI=1S/C17H11ClN2O5/c18-11-3-1-2-10(6-11)9-25-17(22)16(21)14-8-19-15-5-4-12(20(23)24)7-13(14)15/h1-8,19H,9H2. The van der Waals surface area contributed by atoms with E-state index < -0.39 is 16.7 Å². The highest BCUT2D eigenvalue weighted by Crippen LogP contribution is 2.24. The van der Waals surface area contributed by atoms with Crippen LogP contribution >= 0.6 is 11.6 Å². The maximum Gasteiger partial charge on any atom is 0.380 e. The smallest absolute Gasteiger partial charge is 0.380 e. The Labute approximate surface area is 146 Å². The molecule has 7 nitrogen and oxygen atoms in total. The molecule has 3 aromatic rings. The van der Waals surface area contributed by atoms with Gasteiger partial charge in [0.1, 0.15) is 6.61 Å². The Hall–Kier alpha value is -3.19. The average Bonchev–Trinajstić information content (AvgIpc) is 3.02. The fourth-order valence-electron chi connectivity index (χ4n) is 2.36. The van der Waals surface area contributed by atoms with Crippen LogP contribution in [0.5, 0.6) is 0 Å². The van der Waals surface area contributed by atoms with Gasteiger partial charge in [-0.05, 0) is 23.8 Å². The molecule has 1 heterocycles. The molecule has 0 aliphatic heterocycles. The lowest BCUT2D eigenvalue weighted by molar-refractivity contribution is -0.384. The Morgan fingerprint density at radius 3 is 2.72 bits per heavy atom. The fourth-order valence-corrected chi connectivity index (χ4v) is 2.57. The van der Waals surface area contributed by atoms with E-state index in [1.165, 1.54) is 24.4 Å². The first kappa shape index (κ1) is 16.7. The van der Waals surface area contributed by atoms with Crippen molar-refractivity contribution in [3.8, 4) is 0 Å². The highest BCUT2D eigenvalue weighted by atomic mass is 35.5. The number of ether oxygens (including phenoxy) is 1. The Bertz CT molecular complexity index is 996. The van der Waals surface area contributed by atoms with Crippen molar-refractivity contribution in [3.05, 3.63) is 74.9 Å². The second kappa shape index (κ2) is 6.74. The van der Waals surface area contributed by atoms with Crippen molar-refractivity contribution >= 4 is 39.9 Å². The zero-order chi connectivity index (χ0) is 18.0. The zero-order valence-electron chi connectivity index (χ0n) is 12.7. The molecule has 0 amide bonds. The molecule has 8 heteroatoms. The lowest BCUT2D eigenvalue weighted by atomic mass is 10.1. The molecule has 0 atom stereocenters. The molecule has 0 fully saturated rings. The molecule has 3 rings (SSSR count). The Morgan fingerprint density at radius 2 is 2.00 bits per heavy atom. The molecule has 0 bridgehead atoms. The number of ketones is 1. The van der Waals surface area contributed by atoms with Gasteiger partial charge in [-0.3, -0.25) is 14.9 Å². The number of H-pyrrole nitrogens is 1. The van der Waals surface area contributed by atoms with Crippen LogP contribution in [0.25, 0.3) is 10.9 Å². The summed E-state index contributed by atoms with van der Waals surface area (Å²) in [5.41, 5.74) is 1.00. The lowest BCUT2D eigenvalue weighted by Crippen LogP contribution is -2.17. The van der Waals surface area contributed by atoms with Crippen molar-refractivity contribution in [1.29, 1.82) is 0 Å². The summed E-state index contributed by atoms with van der Waals surface area (Å²) in [5, 5.41) is 11.7. The molecular weight excluding hydrogens is 348 g/mol. The number of benzene rings is 2. The third-order valence-corrected chi connectivity index (χ3v) is 3.80. The van der Waals surface area contributed by atoms with E-state index in [4.69, 9.17) is 16.3 Å². The van der Waals surface area contributed by atoms with Gasteiger partial charge >= 0.3 is 5.97 Å². The molecule has 0 spiro atoms. The van der Waals surface area contributed by atoms with Crippen LogP contribution in [0, 0.1) is 10.1 Å². The second-order valence-electron chi connectivity index (χ2n) is 5.22. The van der Waals surface area contributed by atoms with Crippen LogP contribution in [-0.2, 0) is 16.1 Å². The summed E-state index contributed by atoms with van der Waals surface area (Å²) in [6.07, 6.45) is 1.33. The summed E-state index contributed by atoms with van der Waals surface area (Å²) < 4.78 is 5.00. The van der Waals surface area contributed by atoms with Crippen LogP contribution in [0.15, 0.2) is 48.7 Å². The SMILES string of the molecule is O=C(OCc1cccc(Cl)c1)C(=O)c1c[nH]c2ccc([N+](=O)[O-])cc12. The number of carbonyl (C=O) groups excluding carboxylic acids is 2. The molecule has 1 N–H and O–H groups in total. The van der Waals surface area contributed by atoms with Gasteiger partial charge in [0.2, 0.25) is 0 Å². The summed E-state index contributed by atoms with van der Waals surface area (Å²) in [7, 11) is 0. The first-order valence-corrected chi connectivity index (χ1v) is 7.55. The van der Waals surface area contributed by atoms with Crippen molar-refractivity contribution in [2.45, 2.75) is 6.61 Å². The van der Waals surface area contributed by atoms with E-state index in [-0.39, 0.29) is 17.9 Å². The molecule has 126 valence electrons. The van der Waals surface area contributed by atoms with E-state index in [1.54, 1.807) is 24.3 Å². The number of esters is 1. The van der Waals surface area contributed by atoms with E-state index in [0.717, 1.165) is 0 Å². The maximum atomic E-state index is 12.3. The monoisotopic (exact) mass is 358 g/mol. The quantitative estimate of drug-likeness (QED) is 0.246. The Kier molecular flexibility index (Phi) is 4.49. The van der Waals surface area contributed by atoms with Crippen molar-refractivity contribution in [3.63, 3.8) is 0 Å². The lowest BCUT2D eigenvalue weighted by Gasteiger charge is -2.04. The largest absolute Gasteiger partial charge is 0.455 e. The molecule has 0 aliphatic rings. The van der Waals surface area contributed by atoms with E-state index in [0.29, 0.717) is 21.5 Å². The number of nitro benzene ring substituents is 1. The van der Waals surface area contributed by atoms with Crippen molar-refractivity contribution in [1.82, 2.24) is 4.98 Å². The number of non-ortho nitro benzene ring substituents is 1. The van der Waals surface area contributed by atoms with Gasteiger partial charge in [0.05, 0.1) is 10.5 Å². The van der Waals surface area contributed by atoms with Gasteiger partial charge in [-0.15, -0.1) is 0 Å². The molecular formula is C17H11ClN2O5. The minimum atomic E-state index is -1.05. The Morgan fingerprint density at radius 1 is 1.20 bits per heavy atom. The number of nitrogens with zero attached hydrogens (tertiary/aromatic N) is 1. The molecule has 0 radical (unpaired) electrons. The number of rotatable bonds is 5. The fraction of sp³-hybridized carbons (Fsp3) is 0.0588. The first-order chi connectivity index (χ1) is 12.0. The molecule has 25 heavy (non-hydrogen) atoms. The Balaban J connectivity index is 1.80. The highest BCUT2D eigenvalue weighted by molar-refractivity contribution is 6.43. The van der Waals surface area contributed by atoms with Crippen LogP contribution in [0.4, 0.5) is 5.69 Å². The zero-order valence-corrected chi connectivity index (χ0v) is 13.4. The molecule has 0 saturated carbocycles. The van der Waals surface area contributed by atoms with Gasteiger partial charge in [0.25, 0.3) is 11.5 Å². The summed E-state index contributed by atoms with van der Waals surface area (Å²) in [6.45, 7) is -0.104. The van der Waals surface area contributed by atoms with E-state index in [9.17, 15) is 19.7 Å². The molecule has 0 unspecified atom stereocenters. The van der Waals surface area contributed by atoms with Crippen LogP contribution < -0.4 is 0 Å². The predicted octanol–water partition coefficient (Wildman–Crippen LogP) is 3.66. The third-order valence-electron chi connectivity index (χ3n) is 3.57. The number of nitrogens with one attached hydrogen (secondary N) is 1. The topological polar surface area (TPSA) is 102 Å². The van der Waals surface area contributed by atoms with E-state index in [1.807, 2.05) is 0 Å². The number of carbonyl (C=O) groups is 2. The van der Waals surface area contributed by atoms with Gasteiger partial charge in [-0.2, -0.15) is 0 Å². The van der Waals surface area contributed by atoms with Crippen molar-refractivity contribution < 1.29 is 19.2 Å². The maximum absolute atomic E-state index is 12.3. The number of hydrogen-bond acceptors (Lipinski definition) is 5. The third kappa shape index (κ3) is 3.51. The van der Waals surface area contributed by atoms with Gasteiger partial charge < -0.3 is 9.72 Å². The van der Waals surface area contributed by atoms with Crippen LogP contribution in [-0.4, -0.2) is 21.7 Å². The summed E-state index contributed by atoms with van der Waals surface area (Å²) in [4.78, 5) is 37.4. The van der Waals surface area contributed by atoms with Crippen molar-refractivity contribution in [2.24, 2.45) is 0 Å². The normalized spacial score (nSPS) is 10.6. The number of Topliss-reactive ketones (excluding diaryl/α,β-unsaturated/α-hetero) is 1. The number of halogens is 1. The molecule has 0 aliphatic carbocycles. The summed E-state index contributed by atoms with van der Waals surface area (Å²) in [6, 6.07) is 10.7. The van der Waals surface area contributed by atoms with Crippen LogP contribution in [0.3, 0.4) is 0 Å².